The molecule has 5 heteroatoms. The van der Waals surface area contributed by atoms with Crippen molar-refractivity contribution < 1.29 is 9.53 Å². The second kappa shape index (κ2) is 3.92. The lowest BCUT2D eigenvalue weighted by atomic mass is 10.6. The van der Waals surface area contributed by atoms with E-state index in [0.29, 0.717) is 12.6 Å². The summed E-state index contributed by atoms with van der Waals surface area (Å²) in [6.45, 7) is 2.10. The normalized spacial score (nSPS) is 15.3. The fourth-order valence-electron chi connectivity index (χ4n) is 1.52. The van der Waals surface area contributed by atoms with Crippen molar-refractivity contribution in [1.82, 2.24) is 9.13 Å². The molecule has 0 aliphatic heterocycles. The summed E-state index contributed by atoms with van der Waals surface area (Å²) in [7, 11) is 0. The van der Waals surface area contributed by atoms with Gasteiger partial charge < -0.3 is 4.74 Å². The molecule has 0 radical (unpaired) electrons. The maximum absolute atomic E-state index is 11.7. The average molecular weight is 210 g/mol. The van der Waals surface area contributed by atoms with E-state index >= 15 is 0 Å². The molecule has 1 aromatic heterocycles. The largest absolute Gasteiger partial charge is 0.465 e. The Morgan fingerprint density at radius 1 is 1.53 bits per heavy atom. The van der Waals surface area contributed by atoms with Crippen molar-refractivity contribution >= 4 is 5.97 Å². The van der Waals surface area contributed by atoms with E-state index in [1.54, 1.807) is 23.9 Å². The fourth-order valence-corrected chi connectivity index (χ4v) is 1.52. The van der Waals surface area contributed by atoms with Gasteiger partial charge in [0.05, 0.1) is 6.61 Å². The highest BCUT2D eigenvalue weighted by Crippen LogP contribution is 2.33. The van der Waals surface area contributed by atoms with Crippen LogP contribution in [-0.2, 0) is 16.1 Å². The lowest BCUT2D eigenvalue weighted by molar-refractivity contribution is -0.143. The first-order chi connectivity index (χ1) is 7.22. The van der Waals surface area contributed by atoms with Crippen LogP contribution in [0.4, 0.5) is 0 Å². The van der Waals surface area contributed by atoms with Crippen LogP contribution in [0.25, 0.3) is 0 Å². The summed E-state index contributed by atoms with van der Waals surface area (Å²) >= 11 is 0. The summed E-state index contributed by atoms with van der Waals surface area (Å²) in [6.07, 6.45) is 5.49. The lowest BCUT2D eigenvalue weighted by Gasteiger charge is -2.01. The molecule has 0 saturated heterocycles. The predicted molar refractivity (Wildman–Crippen MR) is 53.6 cm³/mol. The van der Waals surface area contributed by atoms with Gasteiger partial charge in [-0.3, -0.25) is 13.9 Å². The highest BCUT2D eigenvalue weighted by Gasteiger charge is 2.25. The summed E-state index contributed by atoms with van der Waals surface area (Å²) < 4.78 is 7.84. The molecule has 0 unspecified atom stereocenters. The van der Waals surface area contributed by atoms with Crippen LogP contribution in [0.2, 0.25) is 0 Å². The Hall–Kier alpha value is -1.52. The summed E-state index contributed by atoms with van der Waals surface area (Å²) in [5.74, 6) is -0.367. The molecule has 15 heavy (non-hydrogen) atoms. The second-order valence-electron chi connectivity index (χ2n) is 3.65. The van der Waals surface area contributed by atoms with Gasteiger partial charge in [-0.2, -0.15) is 0 Å². The molecule has 1 saturated carbocycles. The first-order valence-electron chi connectivity index (χ1n) is 5.15. The third kappa shape index (κ3) is 2.11. The quantitative estimate of drug-likeness (QED) is 0.682. The van der Waals surface area contributed by atoms with Crippen LogP contribution in [0.3, 0.4) is 0 Å². The Kier molecular flexibility index (Phi) is 2.62. The summed E-state index contributed by atoms with van der Waals surface area (Å²) in [6, 6.07) is 0.348. The highest BCUT2D eigenvalue weighted by molar-refractivity contribution is 5.69. The molecule has 1 heterocycles. The van der Waals surface area contributed by atoms with E-state index in [9.17, 15) is 9.59 Å². The van der Waals surface area contributed by atoms with Gasteiger partial charge in [0.25, 0.3) is 0 Å². The van der Waals surface area contributed by atoms with Gasteiger partial charge in [0.15, 0.2) is 0 Å². The molecule has 2 rings (SSSR count). The Morgan fingerprint density at radius 3 is 2.87 bits per heavy atom. The molecule has 0 amide bonds. The molecule has 1 aliphatic rings. The van der Waals surface area contributed by atoms with Crippen molar-refractivity contribution in [3.8, 4) is 0 Å². The maximum atomic E-state index is 11.7. The minimum Gasteiger partial charge on any atom is -0.465 e. The van der Waals surface area contributed by atoms with Crippen LogP contribution < -0.4 is 5.69 Å². The molecule has 0 aromatic carbocycles. The zero-order chi connectivity index (χ0) is 10.8. The predicted octanol–water partition coefficient (Wildman–Crippen LogP) is 0.548. The molecule has 0 atom stereocenters. The number of carbonyl (C=O) groups excluding carboxylic acids is 1. The first-order valence-corrected chi connectivity index (χ1v) is 5.15. The highest BCUT2D eigenvalue weighted by atomic mass is 16.5. The van der Waals surface area contributed by atoms with E-state index in [2.05, 4.69) is 0 Å². The van der Waals surface area contributed by atoms with Crippen LogP contribution in [0.15, 0.2) is 17.2 Å². The van der Waals surface area contributed by atoms with Gasteiger partial charge >= 0.3 is 11.7 Å². The number of esters is 1. The molecular formula is C10H14N2O3. The van der Waals surface area contributed by atoms with Gasteiger partial charge in [0.2, 0.25) is 0 Å². The van der Waals surface area contributed by atoms with Gasteiger partial charge in [-0.25, -0.2) is 4.79 Å². The van der Waals surface area contributed by atoms with Gasteiger partial charge in [-0.15, -0.1) is 0 Å². The van der Waals surface area contributed by atoms with Gasteiger partial charge in [0.1, 0.15) is 6.54 Å². The maximum Gasteiger partial charge on any atom is 0.328 e. The third-order valence-electron chi connectivity index (χ3n) is 2.42. The van der Waals surface area contributed by atoms with E-state index in [-0.39, 0.29) is 18.2 Å². The number of rotatable bonds is 4. The smallest absolute Gasteiger partial charge is 0.328 e. The van der Waals surface area contributed by atoms with Crippen molar-refractivity contribution in [2.45, 2.75) is 32.4 Å². The first kappa shape index (κ1) is 10.0. The molecule has 1 aromatic rings. The van der Waals surface area contributed by atoms with Crippen molar-refractivity contribution in [3.63, 3.8) is 0 Å². The number of hydrogen-bond acceptors (Lipinski definition) is 3. The van der Waals surface area contributed by atoms with E-state index in [1.807, 2.05) is 0 Å². The molecule has 1 fully saturated rings. The topological polar surface area (TPSA) is 53.2 Å². The second-order valence-corrected chi connectivity index (χ2v) is 3.65. The van der Waals surface area contributed by atoms with Crippen molar-refractivity contribution in [2.75, 3.05) is 6.61 Å². The number of carbonyl (C=O) groups is 1. The van der Waals surface area contributed by atoms with Crippen molar-refractivity contribution in [2.24, 2.45) is 0 Å². The molecule has 0 spiro atoms. The Labute approximate surface area is 87.3 Å². The number of imidazole rings is 1. The number of nitrogens with zero attached hydrogens (tertiary/aromatic N) is 2. The minimum atomic E-state index is -0.367. The Bertz CT molecular complexity index is 415. The Balaban J connectivity index is 2.08. The molecule has 5 nitrogen and oxygen atoms in total. The molecular weight excluding hydrogens is 196 g/mol. The van der Waals surface area contributed by atoms with E-state index < -0.39 is 0 Å². The molecule has 0 bridgehead atoms. The van der Waals surface area contributed by atoms with Crippen LogP contribution in [0.1, 0.15) is 25.8 Å². The minimum absolute atomic E-state index is 0.00634. The number of ether oxygens (including phenoxy) is 1. The summed E-state index contributed by atoms with van der Waals surface area (Å²) in [5.41, 5.74) is -0.120. The third-order valence-corrected chi connectivity index (χ3v) is 2.42. The summed E-state index contributed by atoms with van der Waals surface area (Å²) in [4.78, 5) is 22.9. The van der Waals surface area contributed by atoms with E-state index in [0.717, 1.165) is 12.8 Å². The number of hydrogen-bond donors (Lipinski definition) is 0. The van der Waals surface area contributed by atoms with E-state index in [4.69, 9.17) is 4.74 Å². The molecule has 82 valence electrons. The zero-order valence-electron chi connectivity index (χ0n) is 8.68. The SMILES string of the molecule is CCOC(=O)Cn1ccn(C2CC2)c1=O. The van der Waals surface area contributed by atoms with Crippen molar-refractivity contribution in [3.05, 3.63) is 22.9 Å². The van der Waals surface area contributed by atoms with Crippen LogP contribution in [0.5, 0.6) is 0 Å². The standard InChI is InChI=1S/C10H14N2O3/c1-2-15-9(13)7-11-5-6-12(10(11)14)8-3-4-8/h5-6,8H,2-4,7H2,1H3. The van der Waals surface area contributed by atoms with Gasteiger partial charge in [-0.1, -0.05) is 0 Å². The molecule has 0 N–H and O–H groups in total. The van der Waals surface area contributed by atoms with Crippen LogP contribution in [-0.4, -0.2) is 21.7 Å². The Morgan fingerprint density at radius 2 is 2.27 bits per heavy atom. The van der Waals surface area contributed by atoms with E-state index in [1.165, 1.54) is 4.57 Å². The number of aromatic nitrogens is 2. The zero-order valence-corrected chi connectivity index (χ0v) is 8.68. The fraction of sp³-hybridized carbons (Fsp3) is 0.600. The lowest BCUT2D eigenvalue weighted by Crippen LogP contribution is -2.27. The van der Waals surface area contributed by atoms with Gasteiger partial charge in [-0.05, 0) is 19.8 Å². The van der Waals surface area contributed by atoms with Crippen molar-refractivity contribution in [1.29, 1.82) is 0 Å². The van der Waals surface area contributed by atoms with Gasteiger partial charge in [0, 0.05) is 18.4 Å². The monoisotopic (exact) mass is 210 g/mol. The van der Waals surface area contributed by atoms with Crippen LogP contribution >= 0.6 is 0 Å². The summed E-state index contributed by atoms with van der Waals surface area (Å²) in [5, 5.41) is 0. The van der Waals surface area contributed by atoms with Crippen LogP contribution in [0, 0.1) is 0 Å². The molecule has 1 aliphatic carbocycles. The average Bonchev–Trinajstić information content (AvgIpc) is 2.96.